The number of likely N-dealkylation sites (tertiary alicyclic amines) is 1. The van der Waals surface area contributed by atoms with E-state index >= 15 is 0 Å². The number of benzene rings is 1. The lowest BCUT2D eigenvalue weighted by Gasteiger charge is -2.33. The zero-order chi connectivity index (χ0) is 18.5. The van der Waals surface area contributed by atoms with Gasteiger partial charge in [-0.1, -0.05) is 12.1 Å². The molecule has 2 N–H and O–H groups in total. The molecule has 1 saturated heterocycles. The number of nitrogens with zero attached hydrogens (tertiary/aromatic N) is 3. The molecule has 140 valence electrons. The number of carbonyl (C=O) groups is 1. The summed E-state index contributed by atoms with van der Waals surface area (Å²) in [4.78, 5) is 14.9. The summed E-state index contributed by atoms with van der Waals surface area (Å²) in [5, 5.41) is 10.4. The minimum absolute atomic E-state index is 0.0162. The highest BCUT2D eigenvalue weighted by Gasteiger charge is 2.25. The Labute approximate surface area is 153 Å². The molecule has 1 amide bonds. The number of aromatic nitrogens is 2. The van der Waals surface area contributed by atoms with Crippen molar-refractivity contribution in [3.8, 4) is 0 Å². The van der Waals surface area contributed by atoms with Gasteiger partial charge in [0.05, 0.1) is 6.20 Å². The van der Waals surface area contributed by atoms with Crippen LogP contribution in [0.4, 0.5) is 4.39 Å². The van der Waals surface area contributed by atoms with Crippen molar-refractivity contribution in [3.05, 3.63) is 53.6 Å². The normalized spacial score (nSPS) is 17.2. The smallest absolute Gasteiger partial charge is 0.242 e. The van der Waals surface area contributed by atoms with Crippen molar-refractivity contribution in [1.29, 1.82) is 0 Å². The van der Waals surface area contributed by atoms with Crippen LogP contribution in [0.2, 0.25) is 0 Å². The maximum absolute atomic E-state index is 13.0. The van der Waals surface area contributed by atoms with Crippen LogP contribution in [-0.2, 0) is 18.4 Å². The van der Waals surface area contributed by atoms with Gasteiger partial charge in [0.15, 0.2) is 0 Å². The molecule has 0 aliphatic carbocycles. The number of aryl methyl sites for hydroxylation is 1. The monoisotopic (exact) mass is 359 g/mol. The molecule has 0 radical (unpaired) electrons. The highest BCUT2D eigenvalue weighted by atomic mass is 19.1. The number of likely N-dealkylation sites (N-methyl/N-ethyl adjacent to an activating group) is 1. The lowest BCUT2D eigenvalue weighted by atomic mass is 10.0. The van der Waals surface area contributed by atoms with E-state index in [1.165, 1.54) is 12.1 Å². The van der Waals surface area contributed by atoms with Crippen molar-refractivity contribution < 1.29 is 9.18 Å². The van der Waals surface area contributed by atoms with Gasteiger partial charge in [0.25, 0.3) is 0 Å². The van der Waals surface area contributed by atoms with Gasteiger partial charge < -0.3 is 10.6 Å². The highest BCUT2D eigenvalue weighted by Crippen LogP contribution is 2.17. The first-order chi connectivity index (χ1) is 12.5. The van der Waals surface area contributed by atoms with E-state index in [1.54, 1.807) is 17.9 Å². The van der Waals surface area contributed by atoms with Crippen LogP contribution < -0.4 is 10.6 Å². The summed E-state index contributed by atoms with van der Waals surface area (Å²) in [5.74, 6) is -0.222. The molecule has 1 aliphatic heterocycles. The van der Waals surface area contributed by atoms with E-state index in [-0.39, 0.29) is 23.8 Å². The number of hydrogen-bond donors (Lipinski definition) is 2. The summed E-state index contributed by atoms with van der Waals surface area (Å²) in [6.45, 7) is 2.65. The van der Waals surface area contributed by atoms with Crippen LogP contribution in [0.5, 0.6) is 0 Å². The number of rotatable bonds is 6. The second-order valence-corrected chi connectivity index (χ2v) is 6.85. The molecule has 0 spiro atoms. The molecule has 1 aromatic heterocycles. The Hall–Kier alpha value is -2.25. The number of amides is 1. The Morgan fingerprint density at radius 3 is 2.58 bits per heavy atom. The lowest BCUT2D eigenvalue weighted by Crippen LogP contribution is -2.47. The number of nitrogens with one attached hydrogen (secondary N) is 2. The van der Waals surface area contributed by atoms with Crippen LogP contribution in [0.1, 0.15) is 30.0 Å². The summed E-state index contributed by atoms with van der Waals surface area (Å²) in [6, 6.07) is 6.45. The number of piperidine rings is 1. The van der Waals surface area contributed by atoms with Gasteiger partial charge in [-0.25, -0.2) is 4.39 Å². The van der Waals surface area contributed by atoms with E-state index in [0.717, 1.165) is 43.6 Å². The van der Waals surface area contributed by atoms with Crippen LogP contribution in [0, 0.1) is 5.82 Å². The molecular weight excluding hydrogens is 333 g/mol. The molecule has 1 fully saturated rings. The third kappa shape index (κ3) is 4.68. The van der Waals surface area contributed by atoms with Gasteiger partial charge in [0.2, 0.25) is 5.91 Å². The molecule has 1 atom stereocenters. The third-order valence-corrected chi connectivity index (χ3v) is 4.86. The lowest BCUT2D eigenvalue weighted by molar-refractivity contribution is -0.124. The zero-order valence-corrected chi connectivity index (χ0v) is 15.3. The third-order valence-electron chi connectivity index (χ3n) is 4.86. The molecule has 2 aromatic rings. The molecule has 1 aromatic carbocycles. The molecule has 0 saturated carbocycles. The van der Waals surface area contributed by atoms with Crippen molar-refractivity contribution in [2.75, 3.05) is 20.1 Å². The van der Waals surface area contributed by atoms with Gasteiger partial charge >= 0.3 is 0 Å². The molecule has 1 aliphatic rings. The predicted molar refractivity (Wildman–Crippen MR) is 97.9 cm³/mol. The van der Waals surface area contributed by atoms with E-state index in [2.05, 4.69) is 20.6 Å². The second kappa shape index (κ2) is 8.42. The van der Waals surface area contributed by atoms with Gasteiger partial charge in [0.1, 0.15) is 11.9 Å². The topological polar surface area (TPSA) is 62.2 Å². The predicted octanol–water partition coefficient (Wildman–Crippen LogP) is 1.60. The minimum atomic E-state index is -0.388. The number of hydrogen-bond acceptors (Lipinski definition) is 4. The summed E-state index contributed by atoms with van der Waals surface area (Å²) >= 11 is 0. The average Bonchev–Trinajstić information content (AvgIpc) is 3.05. The van der Waals surface area contributed by atoms with Crippen LogP contribution in [-0.4, -0.2) is 46.8 Å². The fraction of sp³-hybridized carbons (Fsp3) is 0.474. The van der Waals surface area contributed by atoms with Gasteiger partial charge in [-0.15, -0.1) is 0 Å². The first-order valence-electron chi connectivity index (χ1n) is 8.98. The van der Waals surface area contributed by atoms with Gasteiger partial charge in [-0.2, -0.15) is 5.10 Å². The summed E-state index contributed by atoms with van der Waals surface area (Å²) < 4.78 is 14.7. The van der Waals surface area contributed by atoms with Crippen LogP contribution >= 0.6 is 0 Å². The largest absolute Gasteiger partial charge is 0.352 e. The molecule has 7 heteroatoms. The molecule has 26 heavy (non-hydrogen) atoms. The Bertz CT molecular complexity index is 722. The maximum atomic E-state index is 13.0. The fourth-order valence-corrected chi connectivity index (χ4v) is 3.41. The van der Waals surface area contributed by atoms with Gasteiger partial charge in [-0.3, -0.25) is 14.4 Å². The van der Waals surface area contributed by atoms with E-state index in [9.17, 15) is 9.18 Å². The fourth-order valence-electron chi connectivity index (χ4n) is 3.41. The maximum Gasteiger partial charge on any atom is 0.242 e. The molecule has 1 unspecified atom stereocenters. The highest BCUT2D eigenvalue weighted by molar-refractivity contribution is 5.83. The number of carbonyl (C=O) groups excluding carboxylic acids is 1. The average molecular weight is 359 g/mol. The molecular formula is C19H26FN5O. The van der Waals surface area contributed by atoms with E-state index < -0.39 is 0 Å². The minimum Gasteiger partial charge on any atom is -0.352 e. The van der Waals surface area contributed by atoms with Crippen molar-refractivity contribution in [2.45, 2.75) is 31.5 Å². The number of halogens is 1. The van der Waals surface area contributed by atoms with Crippen molar-refractivity contribution in [1.82, 2.24) is 25.3 Å². The summed E-state index contributed by atoms with van der Waals surface area (Å²) in [7, 11) is 3.62. The van der Waals surface area contributed by atoms with Crippen molar-refractivity contribution in [2.24, 2.45) is 7.05 Å². The molecule has 0 bridgehead atoms. The Morgan fingerprint density at radius 2 is 2.00 bits per heavy atom. The van der Waals surface area contributed by atoms with E-state index in [4.69, 9.17) is 0 Å². The Kier molecular flexibility index (Phi) is 6.00. The van der Waals surface area contributed by atoms with Crippen molar-refractivity contribution in [3.63, 3.8) is 0 Å². The molecule has 6 nitrogen and oxygen atoms in total. The summed E-state index contributed by atoms with van der Waals surface area (Å²) in [5.41, 5.74) is 1.97. The van der Waals surface area contributed by atoms with E-state index in [0.29, 0.717) is 0 Å². The van der Waals surface area contributed by atoms with Crippen LogP contribution in [0.15, 0.2) is 36.7 Å². The SMILES string of the molecule is CNC(C(=O)NC1CCN(Cc2ccc(F)cc2)CC1)c1cnn(C)c1. The van der Waals surface area contributed by atoms with Gasteiger partial charge in [0, 0.05) is 44.5 Å². The second-order valence-electron chi connectivity index (χ2n) is 6.85. The van der Waals surface area contributed by atoms with Crippen LogP contribution in [0.3, 0.4) is 0 Å². The molecule has 3 rings (SSSR count). The standard InChI is InChI=1S/C19H26FN5O/c1-21-18(15-11-22-24(2)13-15)19(26)23-17-7-9-25(10-8-17)12-14-3-5-16(20)6-4-14/h3-6,11,13,17-18,21H,7-10,12H2,1-2H3,(H,23,26). The first-order valence-corrected chi connectivity index (χ1v) is 8.98. The Balaban J connectivity index is 1.48. The Morgan fingerprint density at radius 1 is 1.31 bits per heavy atom. The van der Waals surface area contributed by atoms with Gasteiger partial charge in [-0.05, 0) is 37.6 Å². The van der Waals surface area contributed by atoms with Crippen molar-refractivity contribution >= 4 is 5.91 Å². The van der Waals surface area contributed by atoms with Crippen LogP contribution in [0.25, 0.3) is 0 Å². The first kappa shape index (κ1) is 18.5. The van der Waals surface area contributed by atoms with E-state index in [1.807, 2.05) is 25.4 Å². The zero-order valence-electron chi connectivity index (χ0n) is 15.3. The summed E-state index contributed by atoms with van der Waals surface area (Å²) in [6.07, 6.45) is 5.39. The molecule has 2 heterocycles. The quantitative estimate of drug-likeness (QED) is 0.822.